The number of rotatable bonds is 3. The van der Waals surface area contributed by atoms with Gasteiger partial charge < -0.3 is 15.0 Å². The number of fused-ring (bicyclic) bond motifs is 1. The number of aromatic nitrogens is 3. The van der Waals surface area contributed by atoms with E-state index in [4.69, 9.17) is 0 Å². The van der Waals surface area contributed by atoms with Gasteiger partial charge in [-0.3, -0.25) is 0 Å². The van der Waals surface area contributed by atoms with E-state index < -0.39 is 5.97 Å². The van der Waals surface area contributed by atoms with Gasteiger partial charge in [0.05, 0.1) is 17.4 Å². The minimum atomic E-state index is -0.944. The van der Waals surface area contributed by atoms with Crippen molar-refractivity contribution in [3.63, 3.8) is 0 Å². The second-order valence-electron chi connectivity index (χ2n) is 4.84. The van der Waals surface area contributed by atoms with E-state index in [-0.39, 0.29) is 5.56 Å². The smallest absolute Gasteiger partial charge is 0.336 e. The number of hydrogen-bond donors (Lipinski definition) is 2. The Morgan fingerprint density at radius 3 is 2.86 bits per heavy atom. The maximum atomic E-state index is 11.2. The summed E-state index contributed by atoms with van der Waals surface area (Å²) in [5, 5.41) is 12.3. The quantitative estimate of drug-likeness (QED) is 0.772. The van der Waals surface area contributed by atoms with Gasteiger partial charge in [0, 0.05) is 18.9 Å². The lowest BCUT2D eigenvalue weighted by atomic mass is 10.1. The van der Waals surface area contributed by atoms with Crippen LogP contribution in [0.4, 0.5) is 11.5 Å². The van der Waals surface area contributed by atoms with Crippen molar-refractivity contribution < 1.29 is 9.90 Å². The summed E-state index contributed by atoms with van der Waals surface area (Å²) in [5.41, 5.74) is 3.37. The van der Waals surface area contributed by atoms with Crippen LogP contribution < -0.4 is 5.32 Å². The van der Waals surface area contributed by atoms with Crippen molar-refractivity contribution in [1.82, 2.24) is 14.5 Å². The molecule has 2 N–H and O–H groups in total. The largest absolute Gasteiger partial charge is 0.478 e. The minimum Gasteiger partial charge on any atom is -0.478 e. The van der Waals surface area contributed by atoms with Crippen LogP contribution >= 0.6 is 0 Å². The normalized spacial score (nSPS) is 10.8. The van der Waals surface area contributed by atoms with Crippen molar-refractivity contribution in [3.05, 3.63) is 47.9 Å². The first kappa shape index (κ1) is 13.1. The maximum Gasteiger partial charge on any atom is 0.336 e. The summed E-state index contributed by atoms with van der Waals surface area (Å²) < 4.78 is 1.90. The molecule has 3 rings (SSSR count). The number of pyridine rings is 1. The fraction of sp³-hybridized carbons (Fsp3) is 0.133. The minimum absolute atomic E-state index is 0.271. The number of carbonyl (C=O) groups is 1. The predicted molar refractivity (Wildman–Crippen MR) is 79.9 cm³/mol. The third-order valence-corrected chi connectivity index (χ3v) is 3.37. The standard InChI is InChI=1S/C15H14N4O2/c1-9-3-4-10(7-11(9)15(20)21)18-14-13-12(5-6-16-14)19(2)8-17-13/h3-8H,1-2H3,(H,16,18)(H,20,21). The van der Waals surface area contributed by atoms with E-state index in [2.05, 4.69) is 15.3 Å². The number of carboxylic acid groups (broad SMARTS) is 1. The predicted octanol–water partition coefficient (Wildman–Crippen LogP) is 2.72. The molecule has 6 nitrogen and oxygen atoms in total. The zero-order chi connectivity index (χ0) is 15.0. The molecule has 21 heavy (non-hydrogen) atoms. The number of benzene rings is 1. The highest BCUT2D eigenvalue weighted by molar-refractivity contribution is 5.92. The molecule has 0 saturated carbocycles. The Kier molecular flexibility index (Phi) is 3.06. The van der Waals surface area contributed by atoms with E-state index in [1.165, 1.54) is 0 Å². The van der Waals surface area contributed by atoms with Crippen molar-refractivity contribution in [2.75, 3.05) is 5.32 Å². The van der Waals surface area contributed by atoms with Crippen molar-refractivity contribution in [2.24, 2.45) is 7.05 Å². The molecule has 0 aliphatic heterocycles. The van der Waals surface area contributed by atoms with E-state index in [0.29, 0.717) is 11.5 Å². The molecule has 0 fully saturated rings. The molecular weight excluding hydrogens is 268 g/mol. The highest BCUT2D eigenvalue weighted by atomic mass is 16.4. The Balaban J connectivity index is 2.03. The topological polar surface area (TPSA) is 80.0 Å². The van der Waals surface area contributed by atoms with E-state index in [1.807, 2.05) is 23.7 Å². The number of nitrogens with one attached hydrogen (secondary N) is 1. The Labute approximate surface area is 121 Å². The Bertz CT molecular complexity index is 839. The van der Waals surface area contributed by atoms with E-state index >= 15 is 0 Å². The summed E-state index contributed by atoms with van der Waals surface area (Å²) in [6.45, 7) is 1.77. The van der Waals surface area contributed by atoms with Crippen molar-refractivity contribution in [3.8, 4) is 0 Å². The van der Waals surface area contributed by atoms with Gasteiger partial charge in [0.25, 0.3) is 0 Å². The molecule has 0 aliphatic carbocycles. The Morgan fingerprint density at radius 2 is 2.10 bits per heavy atom. The summed E-state index contributed by atoms with van der Waals surface area (Å²) in [6, 6.07) is 7.07. The number of anilines is 2. The Morgan fingerprint density at radius 1 is 1.29 bits per heavy atom. The summed E-state index contributed by atoms with van der Waals surface area (Å²) in [5.74, 6) is -0.339. The molecule has 2 aromatic heterocycles. The van der Waals surface area contributed by atoms with Gasteiger partial charge in [0.1, 0.15) is 5.52 Å². The van der Waals surface area contributed by atoms with Crippen LogP contribution in [-0.2, 0) is 7.05 Å². The SMILES string of the molecule is Cc1ccc(Nc2nccc3c2ncn3C)cc1C(=O)O. The van der Waals surface area contributed by atoms with E-state index in [9.17, 15) is 9.90 Å². The van der Waals surface area contributed by atoms with Crippen molar-refractivity contribution >= 4 is 28.5 Å². The second kappa shape index (κ2) is 4.90. The fourth-order valence-electron chi connectivity index (χ4n) is 2.22. The van der Waals surface area contributed by atoms with Gasteiger partial charge in [-0.25, -0.2) is 14.8 Å². The second-order valence-corrected chi connectivity index (χ2v) is 4.84. The van der Waals surface area contributed by atoms with Gasteiger partial charge in [-0.1, -0.05) is 6.07 Å². The van der Waals surface area contributed by atoms with Gasteiger partial charge in [-0.2, -0.15) is 0 Å². The zero-order valence-electron chi connectivity index (χ0n) is 11.7. The number of aromatic carboxylic acids is 1. The van der Waals surface area contributed by atoms with Gasteiger partial charge >= 0.3 is 5.97 Å². The van der Waals surface area contributed by atoms with Crippen LogP contribution in [0, 0.1) is 6.92 Å². The monoisotopic (exact) mass is 282 g/mol. The van der Waals surface area contributed by atoms with Gasteiger partial charge in [-0.05, 0) is 30.7 Å². The lowest BCUT2D eigenvalue weighted by Gasteiger charge is -2.08. The molecule has 2 heterocycles. The molecule has 1 aromatic carbocycles. The van der Waals surface area contributed by atoms with Crippen LogP contribution in [0.2, 0.25) is 0 Å². The highest BCUT2D eigenvalue weighted by Gasteiger charge is 2.10. The molecule has 0 unspecified atom stereocenters. The fourth-order valence-corrected chi connectivity index (χ4v) is 2.22. The van der Waals surface area contributed by atoms with Crippen LogP contribution in [0.1, 0.15) is 15.9 Å². The molecule has 0 aliphatic rings. The summed E-state index contributed by atoms with van der Waals surface area (Å²) in [6.07, 6.45) is 3.41. The lowest BCUT2D eigenvalue weighted by Crippen LogP contribution is -2.02. The molecule has 0 saturated heterocycles. The number of aryl methyl sites for hydroxylation is 2. The average molecular weight is 282 g/mol. The third-order valence-electron chi connectivity index (χ3n) is 3.37. The molecule has 0 bridgehead atoms. The maximum absolute atomic E-state index is 11.2. The summed E-state index contributed by atoms with van der Waals surface area (Å²) in [4.78, 5) is 19.8. The Hall–Kier alpha value is -2.89. The summed E-state index contributed by atoms with van der Waals surface area (Å²) >= 11 is 0. The lowest BCUT2D eigenvalue weighted by molar-refractivity contribution is 0.0696. The molecule has 6 heteroatoms. The zero-order valence-corrected chi connectivity index (χ0v) is 11.7. The van der Waals surface area contributed by atoms with Crippen LogP contribution in [0.5, 0.6) is 0 Å². The number of hydrogen-bond acceptors (Lipinski definition) is 4. The third kappa shape index (κ3) is 2.31. The molecule has 0 spiro atoms. The first-order valence-electron chi connectivity index (χ1n) is 6.43. The van der Waals surface area contributed by atoms with Crippen molar-refractivity contribution in [1.29, 1.82) is 0 Å². The van der Waals surface area contributed by atoms with Gasteiger partial charge in [0.15, 0.2) is 5.82 Å². The molecule has 0 radical (unpaired) electrons. The van der Waals surface area contributed by atoms with E-state index in [0.717, 1.165) is 16.6 Å². The first-order chi connectivity index (χ1) is 10.1. The van der Waals surface area contributed by atoms with Crippen LogP contribution in [0.3, 0.4) is 0 Å². The molecule has 0 atom stereocenters. The molecular formula is C15H14N4O2. The first-order valence-corrected chi connectivity index (χ1v) is 6.43. The number of imidazole rings is 1. The summed E-state index contributed by atoms with van der Waals surface area (Å²) in [7, 11) is 1.91. The highest BCUT2D eigenvalue weighted by Crippen LogP contribution is 2.24. The number of carboxylic acids is 1. The van der Waals surface area contributed by atoms with Gasteiger partial charge in [-0.15, -0.1) is 0 Å². The van der Waals surface area contributed by atoms with E-state index in [1.54, 1.807) is 31.6 Å². The van der Waals surface area contributed by atoms with Gasteiger partial charge in [0.2, 0.25) is 0 Å². The molecule has 3 aromatic rings. The molecule has 106 valence electrons. The van der Waals surface area contributed by atoms with Crippen LogP contribution in [0.15, 0.2) is 36.8 Å². The van der Waals surface area contributed by atoms with Crippen molar-refractivity contribution in [2.45, 2.75) is 6.92 Å². The number of nitrogens with zero attached hydrogens (tertiary/aromatic N) is 3. The van der Waals surface area contributed by atoms with Crippen LogP contribution in [0.25, 0.3) is 11.0 Å². The molecule has 0 amide bonds. The van der Waals surface area contributed by atoms with Crippen LogP contribution in [-0.4, -0.2) is 25.6 Å². The average Bonchev–Trinajstić information content (AvgIpc) is 2.84.